The molecule has 0 aromatic heterocycles. The van der Waals surface area contributed by atoms with E-state index in [1.807, 2.05) is 24.3 Å². The van der Waals surface area contributed by atoms with Crippen molar-refractivity contribution in [3.05, 3.63) is 65.2 Å². The van der Waals surface area contributed by atoms with E-state index in [9.17, 15) is 4.79 Å². The number of nitrogens with two attached hydrogens (primary N) is 1. The SMILES string of the molecule is COCCOc1ccccc1C(=O)c1ccc(CN)cc1. The Balaban J connectivity index is 2.21. The summed E-state index contributed by atoms with van der Waals surface area (Å²) in [6.07, 6.45) is 0. The summed E-state index contributed by atoms with van der Waals surface area (Å²) in [6.45, 7) is 1.35. The molecule has 0 saturated carbocycles. The molecule has 4 heteroatoms. The lowest BCUT2D eigenvalue weighted by molar-refractivity contribution is 0.103. The van der Waals surface area contributed by atoms with Gasteiger partial charge in [-0.1, -0.05) is 36.4 Å². The third kappa shape index (κ3) is 3.90. The highest BCUT2D eigenvalue weighted by molar-refractivity contribution is 6.10. The number of methoxy groups -OCH3 is 1. The van der Waals surface area contributed by atoms with Crippen LogP contribution in [0.4, 0.5) is 0 Å². The molecule has 0 radical (unpaired) electrons. The largest absolute Gasteiger partial charge is 0.490 e. The molecule has 0 amide bonds. The zero-order valence-corrected chi connectivity index (χ0v) is 12.0. The van der Waals surface area contributed by atoms with Crippen LogP contribution in [0.15, 0.2) is 48.5 Å². The third-order valence-electron chi connectivity index (χ3n) is 3.13. The van der Waals surface area contributed by atoms with Gasteiger partial charge in [0.1, 0.15) is 12.4 Å². The lowest BCUT2D eigenvalue weighted by Crippen LogP contribution is -2.09. The molecule has 2 aromatic rings. The Morgan fingerprint density at radius 2 is 1.76 bits per heavy atom. The highest BCUT2D eigenvalue weighted by atomic mass is 16.5. The van der Waals surface area contributed by atoms with E-state index in [2.05, 4.69) is 0 Å². The highest BCUT2D eigenvalue weighted by Crippen LogP contribution is 2.21. The van der Waals surface area contributed by atoms with Crippen LogP contribution in [0.5, 0.6) is 5.75 Å². The summed E-state index contributed by atoms with van der Waals surface area (Å²) in [5.74, 6) is 0.508. The molecule has 2 N–H and O–H groups in total. The van der Waals surface area contributed by atoms with Crippen LogP contribution in [0.25, 0.3) is 0 Å². The topological polar surface area (TPSA) is 61.5 Å². The van der Waals surface area contributed by atoms with Gasteiger partial charge in [0.15, 0.2) is 5.78 Å². The van der Waals surface area contributed by atoms with Crippen LogP contribution in [0.3, 0.4) is 0 Å². The maximum atomic E-state index is 12.6. The normalized spacial score (nSPS) is 10.4. The summed E-state index contributed by atoms with van der Waals surface area (Å²) in [7, 11) is 1.61. The fourth-order valence-electron chi connectivity index (χ4n) is 1.96. The molecule has 0 spiro atoms. The second kappa shape index (κ2) is 7.57. The van der Waals surface area contributed by atoms with Crippen LogP contribution < -0.4 is 10.5 Å². The van der Waals surface area contributed by atoms with Crippen LogP contribution >= 0.6 is 0 Å². The molecule has 0 bridgehead atoms. The Morgan fingerprint density at radius 1 is 1.05 bits per heavy atom. The van der Waals surface area contributed by atoms with E-state index in [0.29, 0.717) is 36.6 Å². The second-order valence-electron chi connectivity index (χ2n) is 4.57. The lowest BCUT2D eigenvalue weighted by Gasteiger charge is -2.10. The summed E-state index contributed by atoms with van der Waals surface area (Å²) in [4.78, 5) is 12.6. The molecule has 0 heterocycles. The van der Waals surface area contributed by atoms with E-state index in [-0.39, 0.29) is 5.78 Å². The summed E-state index contributed by atoms with van der Waals surface area (Å²) in [5.41, 5.74) is 7.73. The van der Waals surface area contributed by atoms with Gasteiger partial charge < -0.3 is 15.2 Å². The molecular formula is C17H19NO3. The van der Waals surface area contributed by atoms with Crippen molar-refractivity contribution in [2.45, 2.75) is 6.54 Å². The zero-order valence-electron chi connectivity index (χ0n) is 12.0. The van der Waals surface area contributed by atoms with Gasteiger partial charge in [-0.3, -0.25) is 4.79 Å². The molecule has 0 atom stereocenters. The molecule has 4 nitrogen and oxygen atoms in total. The van der Waals surface area contributed by atoms with Gasteiger partial charge in [-0.15, -0.1) is 0 Å². The first-order valence-corrected chi connectivity index (χ1v) is 6.80. The highest BCUT2D eigenvalue weighted by Gasteiger charge is 2.14. The maximum Gasteiger partial charge on any atom is 0.196 e. The molecule has 0 aliphatic rings. The van der Waals surface area contributed by atoms with E-state index in [0.717, 1.165) is 5.56 Å². The van der Waals surface area contributed by atoms with Crippen molar-refractivity contribution in [1.29, 1.82) is 0 Å². The fraction of sp³-hybridized carbons (Fsp3) is 0.235. The van der Waals surface area contributed by atoms with Crippen LogP contribution in [0, 0.1) is 0 Å². The van der Waals surface area contributed by atoms with Crippen molar-refractivity contribution in [2.24, 2.45) is 5.73 Å². The van der Waals surface area contributed by atoms with E-state index >= 15 is 0 Å². The number of carbonyl (C=O) groups excluding carboxylic acids is 1. The number of para-hydroxylation sites is 1. The van der Waals surface area contributed by atoms with Gasteiger partial charge in [-0.05, 0) is 17.7 Å². The minimum Gasteiger partial charge on any atom is -0.490 e. The quantitative estimate of drug-likeness (QED) is 0.627. The molecule has 21 heavy (non-hydrogen) atoms. The standard InChI is InChI=1S/C17H19NO3/c1-20-10-11-21-16-5-3-2-4-15(16)17(19)14-8-6-13(12-18)7-9-14/h2-9H,10-12,18H2,1H3. The van der Waals surface area contributed by atoms with E-state index < -0.39 is 0 Å². The van der Waals surface area contributed by atoms with Gasteiger partial charge in [-0.2, -0.15) is 0 Å². The number of ketones is 1. The summed E-state index contributed by atoms with van der Waals surface area (Å²) in [6, 6.07) is 14.5. The number of carbonyl (C=O) groups is 1. The molecule has 0 fully saturated rings. The fourth-order valence-corrected chi connectivity index (χ4v) is 1.96. The average molecular weight is 285 g/mol. The molecule has 0 unspecified atom stereocenters. The van der Waals surface area contributed by atoms with Crippen molar-refractivity contribution >= 4 is 5.78 Å². The molecule has 2 rings (SSSR count). The van der Waals surface area contributed by atoms with Gasteiger partial charge in [0.2, 0.25) is 0 Å². The predicted molar refractivity (Wildman–Crippen MR) is 81.6 cm³/mol. The van der Waals surface area contributed by atoms with Crippen molar-refractivity contribution in [3.63, 3.8) is 0 Å². The molecular weight excluding hydrogens is 266 g/mol. The summed E-state index contributed by atoms with van der Waals surface area (Å²) < 4.78 is 10.6. The number of rotatable bonds is 7. The number of hydrogen-bond acceptors (Lipinski definition) is 4. The van der Waals surface area contributed by atoms with Gasteiger partial charge in [0, 0.05) is 19.2 Å². The van der Waals surface area contributed by atoms with Gasteiger partial charge >= 0.3 is 0 Å². The van der Waals surface area contributed by atoms with E-state index in [1.54, 1.807) is 31.4 Å². The smallest absolute Gasteiger partial charge is 0.196 e. The number of benzene rings is 2. The predicted octanol–water partition coefficient (Wildman–Crippen LogP) is 2.40. The number of hydrogen-bond donors (Lipinski definition) is 1. The Morgan fingerprint density at radius 3 is 2.43 bits per heavy atom. The van der Waals surface area contributed by atoms with Crippen LogP contribution in [-0.2, 0) is 11.3 Å². The van der Waals surface area contributed by atoms with Gasteiger partial charge in [0.25, 0.3) is 0 Å². The first-order chi connectivity index (χ1) is 10.3. The Kier molecular flexibility index (Phi) is 5.49. The van der Waals surface area contributed by atoms with Crippen molar-refractivity contribution in [3.8, 4) is 5.75 Å². The molecule has 2 aromatic carbocycles. The van der Waals surface area contributed by atoms with Gasteiger partial charge in [-0.25, -0.2) is 0 Å². The van der Waals surface area contributed by atoms with Crippen molar-refractivity contribution in [2.75, 3.05) is 20.3 Å². The maximum absolute atomic E-state index is 12.6. The Hall–Kier alpha value is -2.17. The first-order valence-electron chi connectivity index (χ1n) is 6.80. The third-order valence-corrected chi connectivity index (χ3v) is 3.13. The van der Waals surface area contributed by atoms with Crippen LogP contribution in [-0.4, -0.2) is 26.1 Å². The van der Waals surface area contributed by atoms with Crippen LogP contribution in [0.2, 0.25) is 0 Å². The Labute approximate surface area is 124 Å². The van der Waals surface area contributed by atoms with Crippen LogP contribution in [0.1, 0.15) is 21.5 Å². The summed E-state index contributed by atoms with van der Waals surface area (Å²) in [5, 5.41) is 0. The molecule has 0 aliphatic carbocycles. The lowest BCUT2D eigenvalue weighted by atomic mass is 10.0. The van der Waals surface area contributed by atoms with Gasteiger partial charge in [0.05, 0.1) is 12.2 Å². The van der Waals surface area contributed by atoms with Crippen molar-refractivity contribution < 1.29 is 14.3 Å². The molecule has 110 valence electrons. The van der Waals surface area contributed by atoms with Crippen molar-refractivity contribution in [1.82, 2.24) is 0 Å². The van der Waals surface area contributed by atoms with E-state index in [1.165, 1.54) is 0 Å². The summed E-state index contributed by atoms with van der Waals surface area (Å²) >= 11 is 0. The first kappa shape index (κ1) is 15.2. The average Bonchev–Trinajstić information content (AvgIpc) is 2.55. The minimum absolute atomic E-state index is 0.0633. The molecule has 0 saturated heterocycles. The minimum atomic E-state index is -0.0633. The Bertz CT molecular complexity index is 593. The monoisotopic (exact) mass is 285 g/mol. The number of ether oxygens (including phenoxy) is 2. The second-order valence-corrected chi connectivity index (χ2v) is 4.57. The zero-order chi connectivity index (χ0) is 15.1. The van der Waals surface area contributed by atoms with E-state index in [4.69, 9.17) is 15.2 Å². The molecule has 0 aliphatic heterocycles.